The van der Waals surface area contributed by atoms with Gasteiger partial charge in [0.1, 0.15) is 5.78 Å². The van der Waals surface area contributed by atoms with Crippen LogP contribution in [0.25, 0.3) is 0 Å². The number of nitrogens with one attached hydrogen (secondary N) is 1. The molecule has 1 heterocycles. The number of rotatable bonds is 4. The monoisotopic (exact) mass is 271 g/mol. The summed E-state index contributed by atoms with van der Waals surface area (Å²) in [5.74, 6) is 0.468. The Labute approximate surface area is 110 Å². The van der Waals surface area contributed by atoms with Crippen molar-refractivity contribution in [3.8, 4) is 0 Å². The zero-order valence-corrected chi connectivity index (χ0v) is 10.5. The minimum atomic E-state index is -4.32. The van der Waals surface area contributed by atoms with Gasteiger partial charge in [-0.1, -0.05) is 12.1 Å². The Kier molecular flexibility index (Phi) is 4.24. The third kappa shape index (κ3) is 4.06. The third-order valence-corrected chi connectivity index (χ3v) is 3.36. The van der Waals surface area contributed by atoms with E-state index in [0.717, 1.165) is 31.6 Å². The van der Waals surface area contributed by atoms with Crippen molar-refractivity contribution in [1.82, 2.24) is 5.32 Å². The minimum absolute atomic E-state index is 0.0912. The molecule has 2 nitrogen and oxygen atoms in total. The van der Waals surface area contributed by atoms with Crippen LogP contribution in [-0.2, 0) is 17.4 Å². The van der Waals surface area contributed by atoms with Gasteiger partial charge in [-0.05, 0) is 43.1 Å². The Morgan fingerprint density at radius 1 is 1.26 bits per heavy atom. The Bertz CT molecular complexity index is 433. The van der Waals surface area contributed by atoms with Gasteiger partial charge >= 0.3 is 6.18 Å². The lowest BCUT2D eigenvalue weighted by atomic mass is 9.97. The van der Waals surface area contributed by atoms with Gasteiger partial charge in [0.05, 0.1) is 5.56 Å². The van der Waals surface area contributed by atoms with E-state index in [9.17, 15) is 18.0 Å². The molecule has 1 aromatic rings. The summed E-state index contributed by atoms with van der Waals surface area (Å²) in [6, 6.07) is 4.82. The molecule has 1 aliphatic heterocycles. The first-order valence-electron chi connectivity index (χ1n) is 6.33. The number of hydrogen-bond acceptors (Lipinski definition) is 2. The molecular weight excluding hydrogens is 255 g/mol. The highest BCUT2D eigenvalue weighted by Gasteiger charge is 2.30. The summed E-state index contributed by atoms with van der Waals surface area (Å²) < 4.78 is 37.1. The quantitative estimate of drug-likeness (QED) is 0.912. The van der Waals surface area contributed by atoms with E-state index < -0.39 is 11.7 Å². The zero-order chi connectivity index (χ0) is 13.9. The number of carbonyl (C=O) groups is 1. The first kappa shape index (κ1) is 14.1. The van der Waals surface area contributed by atoms with E-state index in [0.29, 0.717) is 17.9 Å². The first-order chi connectivity index (χ1) is 8.95. The molecule has 1 aliphatic rings. The van der Waals surface area contributed by atoms with Crippen LogP contribution in [0.5, 0.6) is 0 Å². The predicted molar refractivity (Wildman–Crippen MR) is 65.7 cm³/mol. The smallest absolute Gasteiger partial charge is 0.316 e. The van der Waals surface area contributed by atoms with E-state index in [4.69, 9.17) is 0 Å². The number of benzene rings is 1. The average Bonchev–Trinajstić information content (AvgIpc) is 2.81. The summed E-state index contributed by atoms with van der Waals surface area (Å²) in [7, 11) is 0. The van der Waals surface area contributed by atoms with E-state index >= 15 is 0 Å². The summed E-state index contributed by atoms with van der Waals surface area (Å²) in [6.07, 6.45) is -2.60. The van der Waals surface area contributed by atoms with Crippen LogP contribution in [0.4, 0.5) is 13.2 Å². The van der Waals surface area contributed by atoms with Crippen molar-refractivity contribution in [1.29, 1.82) is 0 Å². The van der Waals surface area contributed by atoms with Crippen molar-refractivity contribution in [2.75, 3.05) is 13.1 Å². The summed E-state index contributed by atoms with van der Waals surface area (Å²) >= 11 is 0. The topological polar surface area (TPSA) is 29.1 Å². The Balaban J connectivity index is 1.90. The molecule has 1 N–H and O–H groups in total. The van der Waals surface area contributed by atoms with Crippen LogP contribution < -0.4 is 5.32 Å². The first-order valence-corrected chi connectivity index (χ1v) is 6.33. The molecule has 1 fully saturated rings. The second kappa shape index (κ2) is 5.74. The van der Waals surface area contributed by atoms with Gasteiger partial charge in [-0.25, -0.2) is 0 Å². The van der Waals surface area contributed by atoms with E-state index in [-0.39, 0.29) is 12.2 Å². The minimum Gasteiger partial charge on any atom is -0.316 e. The van der Waals surface area contributed by atoms with Crippen LogP contribution in [0.1, 0.15) is 24.0 Å². The molecule has 0 bridgehead atoms. The van der Waals surface area contributed by atoms with Crippen molar-refractivity contribution in [3.63, 3.8) is 0 Å². The fourth-order valence-electron chi connectivity index (χ4n) is 2.32. The van der Waals surface area contributed by atoms with Gasteiger partial charge in [-0.3, -0.25) is 4.79 Å². The molecule has 104 valence electrons. The molecule has 2 rings (SSSR count). The van der Waals surface area contributed by atoms with Gasteiger partial charge in [-0.2, -0.15) is 13.2 Å². The molecule has 1 atom stereocenters. The standard InChI is InChI=1S/C14H16F3NO/c15-14(16,17)12-3-1-10(2-4-12)7-13(19)8-11-5-6-18-9-11/h1-4,11,18H,5-9H2. The largest absolute Gasteiger partial charge is 0.416 e. The third-order valence-electron chi connectivity index (χ3n) is 3.36. The van der Waals surface area contributed by atoms with Crippen LogP contribution in [0.3, 0.4) is 0 Å². The van der Waals surface area contributed by atoms with Gasteiger partial charge < -0.3 is 5.32 Å². The van der Waals surface area contributed by atoms with Crippen molar-refractivity contribution in [3.05, 3.63) is 35.4 Å². The molecule has 1 saturated heterocycles. The highest BCUT2D eigenvalue weighted by atomic mass is 19.4. The van der Waals surface area contributed by atoms with Crippen LogP contribution in [-0.4, -0.2) is 18.9 Å². The van der Waals surface area contributed by atoms with E-state index in [1.165, 1.54) is 12.1 Å². The maximum absolute atomic E-state index is 12.4. The van der Waals surface area contributed by atoms with Gasteiger partial charge in [0, 0.05) is 12.8 Å². The molecule has 1 unspecified atom stereocenters. The molecule has 5 heteroatoms. The number of halogens is 3. The fraction of sp³-hybridized carbons (Fsp3) is 0.500. The van der Waals surface area contributed by atoms with Crippen LogP contribution in [0.2, 0.25) is 0 Å². The summed E-state index contributed by atoms with van der Waals surface area (Å²) in [6.45, 7) is 1.80. The lowest BCUT2D eigenvalue weighted by molar-refractivity contribution is -0.137. The van der Waals surface area contributed by atoms with E-state index in [2.05, 4.69) is 5.32 Å². The lowest BCUT2D eigenvalue weighted by Crippen LogP contribution is -2.14. The lowest BCUT2D eigenvalue weighted by Gasteiger charge is -2.09. The highest BCUT2D eigenvalue weighted by molar-refractivity contribution is 5.81. The molecule has 1 aromatic carbocycles. The van der Waals surface area contributed by atoms with E-state index in [1.54, 1.807) is 0 Å². The van der Waals surface area contributed by atoms with Gasteiger partial charge in [0.2, 0.25) is 0 Å². The average molecular weight is 271 g/mol. The zero-order valence-electron chi connectivity index (χ0n) is 10.5. The molecule has 0 aliphatic carbocycles. The SMILES string of the molecule is O=C(Cc1ccc(C(F)(F)F)cc1)CC1CCNC1. The van der Waals surface area contributed by atoms with Crippen molar-refractivity contribution >= 4 is 5.78 Å². The molecule has 19 heavy (non-hydrogen) atoms. The van der Waals surface area contributed by atoms with Crippen molar-refractivity contribution in [2.24, 2.45) is 5.92 Å². The second-order valence-corrected chi connectivity index (χ2v) is 4.97. The molecule has 0 radical (unpaired) electrons. The normalized spacial score (nSPS) is 19.6. The van der Waals surface area contributed by atoms with Gasteiger partial charge in [-0.15, -0.1) is 0 Å². The molecule has 0 spiro atoms. The Hall–Kier alpha value is -1.36. The Morgan fingerprint density at radius 2 is 1.95 bits per heavy atom. The molecule has 0 saturated carbocycles. The van der Waals surface area contributed by atoms with Crippen LogP contribution in [0, 0.1) is 5.92 Å². The number of hydrogen-bond donors (Lipinski definition) is 1. The number of ketones is 1. The molecule has 0 aromatic heterocycles. The maximum atomic E-state index is 12.4. The van der Waals surface area contributed by atoms with Crippen LogP contribution in [0.15, 0.2) is 24.3 Å². The Morgan fingerprint density at radius 3 is 2.47 bits per heavy atom. The number of Topliss-reactive ketones (excluding diaryl/α,β-unsaturated/α-hetero) is 1. The van der Waals surface area contributed by atoms with Gasteiger partial charge in [0.25, 0.3) is 0 Å². The number of alkyl halides is 3. The van der Waals surface area contributed by atoms with Crippen molar-refractivity contribution < 1.29 is 18.0 Å². The predicted octanol–water partition coefficient (Wildman–Crippen LogP) is 2.82. The second-order valence-electron chi connectivity index (χ2n) is 4.97. The molecule has 0 amide bonds. The highest BCUT2D eigenvalue weighted by Crippen LogP contribution is 2.29. The summed E-state index contributed by atoms with van der Waals surface area (Å²) in [4.78, 5) is 11.8. The summed E-state index contributed by atoms with van der Waals surface area (Å²) in [5.41, 5.74) is -0.0346. The van der Waals surface area contributed by atoms with Crippen LogP contribution >= 0.6 is 0 Å². The maximum Gasteiger partial charge on any atom is 0.416 e. The molecular formula is C14H16F3NO. The fourth-order valence-corrected chi connectivity index (χ4v) is 2.32. The van der Waals surface area contributed by atoms with E-state index in [1.807, 2.05) is 0 Å². The van der Waals surface area contributed by atoms with Crippen molar-refractivity contribution in [2.45, 2.75) is 25.4 Å². The summed E-state index contributed by atoms with van der Waals surface area (Å²) in [5, 5.41) is 3.19. The number of carbonyl (C=O) groups excluding carboxylic acids is 1. The van der Waals surface area contributed by atoms with Gasteiger partial charge in [0.15, 0.2) is 0 Å².